The third kappa shape index (κ3) is 3.26. The van der Waals surface area contributed by atoms with Gasteiger partial charge in [-0.05, 0) is 37.1 Å². The Bertz CT molecular complexity index is 272. The summed E-state index contributed by atoms with van der Waals surface area (Å²) in [5.74, 6) is 1.25. The summed E-state index contributed by atoms with van der Waals surface area (Å²) in [5, 5.41) is 3.38. The fourth-order valence-electron chi connectivity index (χ4n) is 1.40. The molecular weight excluding hydrogens is 214 g/mol. The van der Waals surface area contributed by atoms with Crippen LogP contribution in [0.2, 0.25) is 4.34 Å². The molecule has 1 heterocycles. The fraction of sp³-hybridized carbons (Fsp3) is 0.636. The Kier molecular flexibility index (Phi) is 4.93. The lowest BCUT2D eigenvalue weighted by Gasteiger charge is -2.18. The molecule has 0 fully saturated rings. The molecule has 14 heavy (non-hydrogen) atoms. The molecule has 0 saturated heterocycles. The molecule has 1 aromatic rings. The van der Waals surface area contributed by atoms with Crippen molar-refractivity contribution in [3.63, 3.8) is 0 Å². The average Bonchev–Trinajstić information content (AvgIpc) is 2.60. The maximum atomic E-state index is 5.92. The smallest absolute Gasteiger partial charge is 0.0931 e. The predicted octanol–water partition coefficient (Wildman–Crippen LogP) is 3.75. The Morgan fingerprint density at radius 2 is 2.14 bits per heavy atom. The van der Waals surface area contributed by atoms with Gasteiger partial charge in [-0.2, -0.15) is 0 Å². The molecule has 0 aliphatic carbocycles. The van der Waals surface area contributed by atoms with E-state index in [2.05, 4.69) is 32.2 Å². The molecule has 0 aliphatic rings. The van der Waals surface area contributed by atoms with Gasteiger partial charge < -0.3 is 5.32 Å². The second kappa shape index (κ2) is 5.74. The molecule has 1 aromatic heterocycles. The van der Waals surface area contributed by atoms with Gasteiger partial charge in [0.1, 0.15) is 0 Å². The van der Waals surface area contributed by atoms with Gasteiger partial charge in [0.15, 0.2) is 0 Å². The van der Waals surface area contributed by atoms with E-state index in [1.807, 2.05) is 6.07 Å². The van der Waals surface area contributed by atoms with Crippen LogP contribution < -0.4 is 5.32 Å². The number of thiophene rings is 1. The molecule has 0 aliphatic heterocycles. The highest BCUT2D eigenvalue weighted by atomic mass is 35.5. The summed E-state index contributed by atoms with van der Waals surface area (Å²) in [6.45, 7) is 8.81. The highest BCUT2D eigenvalue weighted by Crippen LogP contribution is 2.32. The lowest BCUT2D eigenvalue weighted by molar-refractivity contribution is 0.458. The first-order valence-corrected chi connectivity index (χ1v) is 6.30. The minimum Gasteiger partial charge on any atom is -0.317 e. The van der Waals surface area contributed by atoms with Crippen LogP contribution in [0.4, 0.5) is 0 Å². The molecule has 3 heteroatoms. The highest BCUT2D eigenvalue weighted by Gasteiger charge is 2.15. The Morgan fingerprint density at radius 1 is 1.43 bits per heavy atom. The molecule has 2 atom stereocenters. The van der Waals surface area contributed by atoms with E-state index in [1.165, 1.54) is 4.88 Å². The molecule has 1 rings (SSSR count). The quantitative estimate of drug-likeness (QED) is 0.814. The summed E-state index contributed by atoms with van der Waals surface area (Å²) in [5.41, 5.74) is 0. The predicted molar refractivity (Wildman–Crippen MR) is 65.5 cm³/mol. The molecule has 0 aromatic carbocycles. The lowest BCUT2D eigenvalue weighted by atomic mass is 9.94. The first-order chi connectivity index (χ1) is 6.65. The van der Waals surface area contributed by atoms with E-state index in [0.717, 1.165) is 17.4 Å². The van der Waals surface area contributed by atoms with Crippen LogP contribution in [0.3, 0.4) is 0 Å². The zero-order valence-electron chi connectivity index (χ0n) is 9.01. The molecule has 1 nitrogen and oxygen atoms in total. The normalized spacial score (nSPS) is 15.4. The van der Waals surface area contributed by atoms with Crippen LogP contribution in [0, 0.1) is 5.92 Å². The molecule has 0 amide bonds. The SMILES string of the molecule is CCNCC(C)C(C)c1ccc(Cl)s1. The molecular formula is C11H18ClNS. The zero-order valence-corrected chi connectivity index (χ0v) is 10.6. The van der Waals surface area contributed by atoms with Crippen LogP contribution in [0.5, 0.6) is 0 Å². The van der Waals surface area contributed by atoms with Gasteiger partial charge in [-0.3, -0.25) is 0 Å². The number of rotatable bonds is 5. The van der Waals surface area contributed by atoms with Gasteiger partial charge in [-0.25, -0.2) is 0 Å². The highest BCUT2D eigenvalue weighted by molar-refractivity contribution is 7.16. The topological polar surface area (TPSA) is 12.0 Å². The number of hydrogen-bond donors (Lipinski definition) is 1. The van der Waals surface area contributed by atoms with Crippen molar-refractivity contribution in [2.45, 2.75) is 26.7 Å². The third-order valence-electron chi connectivity index (χ3n) is 2.61. The number of nitrogens with one attached hydrogen (secondary N) is 1. The molecule has 2 unspecified atom stereocenters. The van der Waals surface area contributed by atoms with Crippen LogP contribution in [0.25, 0.3) is 0 Å². The van der Waals surface area contributed by atoms with Crippen molar-refractivity contribution in [1.29, 1.82) is 0 Å². The van der Waals surface area contributed by atoms with E-state index in [0.29, 0.717) is 11.8 Å². The van der Waals surface area contributed by atoms with Crippen molar-refractivity contribution in [3.8, 4) is 0 Å². The van der Waals surface area contributed by atoms with E-state index < -0.39 is 0 Å². The first-order valence-electron chi connectivity index (χ1n) is 5.11. The van der Waals surface area contributed by atoms with Crippen LogP contribution in [-0.4, -0.2) is 13.1 Å². The van der Waals surface area contributed by atoms with Gasteiger partial charge in [0.2, 0.25) is 0 Å². The fourth-order valence-corrected chi connectivity index (χ4v) is 2.65. The van der Waals surface area contributed by atoms with E-state index in [9.17, 15) is 0 Å². The zero-order chi connectivity index (χ0) is 10.6. The summed E-state index contributed by atoms with van der Waals surface area (Å²) >= 11 is 7.61. The van der Waals surface area contributed by atoms with Crippen molar-refractivity contribution in [1.82, 2.24) is 5.32 Å². The Morgan fingerprint density at radius 3 is 2.64 bits per heavy atom. The minimum absolute atomic E-state index is 0.589. The van der Waals surface area contributed by atoms with E-state index in [4.69, 9.17) is 11.6 Å². The van der Waals surface area contributed by atoms with Gasteiger partial charge in [-0.1, -0.05) is 32.4 Å². The number of halogens is 1. The van der Waals surface area contributed by atoms with Gasteiger partial charge in [-0.15, -0.1) is 11.3 Å². The second-order valence-electron chi connectivity index (χ2n) is 3.72. The molecule has 1 N–H and O–H groups in total. The summed E-state index contributed by atoms with van der Waals surface area (Å²) < 4.78 is 0.891. The van der Waals surface area contributed by atoms with Crippen LogP contribution in [0.15, 0.2) is 12.1 Å². The van der Waals surface area contributed by atoms with Gasteiger partial charge in [0.05, 0.1) is 4.34 Å². The van der Waals surface area contributed by atoms with Gasteiger partial charge in [0, 0.05) is 4.88 Å². The molecule has 0 bridgehead atoms. The Labute approximate surface area is 95.5 Å². The summed E-state index contributed by atoms with van der Waals surface area (Å²) in [7, 11) is 0. The van der Waals surface area contributed by atoms with Gasteiger partial charge in [0.25, 0.3) is 0 Å². The first kappa shape index (κ1) is 12.0. The maximum Gasteiger partial charge on any atom is 0.0931 e. The maximum absolute atomic E-state index is 5.92. The summed E-state index contributed by atoms with van der Waals surface area (Å²) in [6.07, 6.45) is 0. The van der Waals surface area contributed by atoms with Crippen LogP contribution in [0.1, 0.15) is 31.6 Å². The summed E-state index contributed by atoms with van der Waals surface area (Å²) in [4.78, 5) is 1.39. The molecule has 0 saturated carbocycles. The van der Waals surface area contributed by atoms with E-state index >= 15 is 0 Å². The van der Waals surface area contributed by atoms with Crippen molar-refractivity contribution in [2.24, 2.45) is 5.92 Å². The summed E-state index contributed by atoms with van der Waals surface area (Å²) in [6, 6.07) is 4.12. The lowest BCUT2D eigenvalue weighted by Crippen LogP contribution is -2.23. The minimum atomic E-state index is 0.589. The largest absolute Gasteiger partial charge is 0.317 e. The van der Waals surface area contributed by atoms with E-state index in [-0.39, 0.29) is 0 Å². The standard InChI is InChI=1S/C11H18ClNS/c1-4-13-7-8(2)9(3)10-5-6-11(12)14-10/h5-6,8-9,13H,4,7H2,1-3H3. The molecule has 0 spiro atoms. The second-order valence-corrected chi connectivity index (χ2v) is 5.46. The monoisotopic (exact) mass is 231 g/mol. The average molecular weight is 232 g/mol. The van der Waals surface area contributed by atoms with Crippen molar-refractivity contribution < 1.29 is 0 Å². The number of hydrogen-bond acceptors (Lipinski definition) is 2. The third-order valence-corrected chi connectivity index (χ3v) is 4.04. The van der Waals surface area contributed by atoms with Crippen molar-refractivity contribution in [2.75, 3.05) is 13.1 Å². The van der Waals surface area contributed by atoms with E-state index in [1.54, 1.807) is 11.3 Å². The molecule has 80 valence electrons. The van der Waals surface area contributed by atoms with Crippen LogP contribution >= 0.6 is 22.9 Å². The molecule has 0 radical (unpaired) electrons. The Hall–Kier alpha value is -0.0500. The van der Waals surface area contributed by atoms with Crippen molar-refractivity contribution >= 4 is 22.9 Å². The van der Waals surface area contributed by atoms with Gasteiger partial charge >= 0.3 is 0 Å². The Balaban J connectivity index is 2.51. The van der Waals surface area contributed by atoms with Crippen molar-refractivity contribution in [3.05, 3.63) is 21.3 Å². The van der Waals surface area contributed by atoms with Crippen LogP contribution in [-0.2, 0) is 0 Å².